The summed E-state index contributed by atoms with van der Waals surface area (Å²) in [5, 5.41) is 8.42. The summed E-state index contributed by atoms with van der Waals surface area (Å²) in [6.45, 7) is 14.3. The van der Waals surface area contributed by atoms with Crippen LogP contribution in [0.25, 0.3) is 10.9 Å². The van der Waals surface area contributed by atoms with Crippen molar-refractivity contribution in [3.8, 4) is 0 Å². The van der Waals surface area contributed by atoms with Crippen molar-refractivity contribution in [1.29, 1.82) is 0 Å². The number of aryl methyl sites for hydroxylation is 1. The molecule has 172 valence electrons. The molecule has 0 atom stereocenters. The van der Waals surface area contributed by atoms with Crippen LogP contribution in [-0.4, -0.2) is 67.3 Å². The van der Waals surface area contributed by atoms with Crippen LogP contribution in [0, 0.1) is 0 Å². The number of rotatable bonds is 10. The molecule has 0 amide bonds. The zero-order valence-corrected chi connectivity index (χ0v) is 19.8. The van der Waals surface area contributed by atoms with Crippen molar-refractivity contribution < 1.29 is 4.74 Å². The Hall–Kier alpha value is -2.05. The lowest BCUT2D eigenvalue weighted by atomic mass is 10.1. The molecule has 3 N–H and O–H groups in total. The number of likely N-dealkylation sites (tertiary alicyclic amines) is 1. The van der Waals surface area contributed by atoms with E-state index >= 15 is 0 Å². The van der Waals surface area contributed by atoms with Crippen LogP contribution in [-0.2, 0) is 17.6 Å². The van der Waals surface area contributed by atoms with E-state index in [4.69, 9.17) is 9.73 Å². The maximum atomic E-state index is 5.69. The molecule has 1 saturated heterocycles. The molecular weight excluding hydrogens is 386 g/mol. The van der Waals surface area contributed by atoms with Crippen LogP contribution in [0.3, 0.4) is 0 Å². The summed E-state index contributed by atoms with van der Waals surface area (Å²) in [7, 11) is 0. The number of fused-ring (bicyclic) bond motifs is 1. The quantitative estimate of drug-likeness (QED) is 0.399. The number of ether oxygens (including phenoxy) is 1. The second kappa shape index (κ2) is 12.1. The van der Waals surface area contributed by atoms with Crippen molar-refractivity contribution in [1.82, 2.24) is 20.5 Å². The number of guanidine groups is 1. The van der Waals surface area contributed by atoms with Crippen LogP contribution < -0.4 is 10.6 Å². The van der Waals surface area contributed by atoms with Gasteiger partial charge in [-0.3, -0.25) is 4.99 Å². The minimum atomic E-state index is 0.316. The largest absolute Gasteiger partial charge is 0.377 e. The van der Waals surface area contributed by atoms with E-state index in [1.807, 2.05) is 0 Å². The molecule has 1 aromatic carbocycles. The van der Waals surface area contributed by atoms with E-state index in [-0.39, 0.29) is 0 Å². The first kappa shape index (κ1) is 23.6. The van der Waals surface area contributed by atoms with Gasteiger partial charge in [0.05, 0.1) is 12.7 Å². The second-order valence-corrected chi connectivity index (χ2v) is 8.70. The first-order valence-electron chi connectivity index (χ1n) is 12.1. The predicted molar refractivity (Wildman–Crippen MR) is 131 cm³/mol. The van der Waals surface area contributed by atoms with Crippen LogP contribution >= 0.6 is 0 Å². The Morgan fingerprint density at radius 2 is 2.03 bits per heavy atom. The normalized spacial score (nSPS) is 16.4. The van der Waals surface area contributed by atoms with Gasteiger partial charge in [-0.1, -0.05) is 25.1 Å². The molecule has 0 bridgehead atoms. The maximum absolute atomic E-state index is 5.69. The van der Waals surface area contributed by atoms with Gasteiger partial charge in [-0.2, -0.15) is 0 Å². The van der Waals surface area contributed by atoms with E-state index in [2.05, 4.69) is 72.6 Å². The molecule has 2 heterocycles. The highest BCUT2D eigenvalue weighted by Crippen LogP contribution is 2.22. The highest BCUT2D eigenvalue weighted by Gasteiger charge is 2.19. The molecule has 6 nitrogen and oxygen atoms in total. The number of piperidine rings is 1. The summed E-state index contributed by atoms with van der Waals surface area (Å²) < 4.78 is 5.69. The SMILES string of the molecule is CCNC(=NCCc1c[nH]c2c(CC)cccc12)NC1CCN(CCOC(C)C)CC1. The number of aromatic amines is 1. The van der Waals surface area contributed by atoms with Gasteiger partial charge in [0.15, 0.2) is 5.96 Å². The van der Waals surface area contributed by atoms with E-state index in [1.165, 1.54) is 22.0 Å². The summed E-state index contributed by atoms with van der Waals surface area (Å²) in [5.41, 5.74) is 4.01. The third-order valence-electron chi connectivity index (χ3n) is 6.05. The first-order valence-corrected chi connectivity index (χ1v) is 12.1. The first-order chi connectivity index (χ1) is 15.1. The number of aliphatic imine (C=N–C) groups is 1. The summed E-state index contributed by atoms with van der Waals surface area (Å²) in [6, 6.07) is 7.07. The fourth-order valence-electron chi connectivity index (χ4n) is 4.30. The van der Waals surface area contributed by atoms with Crippen molar-refractivity contribution in [2.24, 2.45) is 4.99 Å². The lowest BCUT2D eigenvalue weighted by Gasteiger charge is -2.33. The number of nitrogens with zero attached hydrogens (tertiary/aromatic N) is 2. The van der Waals surface area contributed by atoms with Gasteiger partial charge >= 0.3 is 0 Å². The highest BCUT2D eigenvalue weighted by atomic mass is 16.5. The molecule has 3 rings (SSSR count). The number of H-pyrrole nitrogens is 1. The van der Waals surface area contributed by atoms with Gasteiger partial charge in [-0.05, 0) is 57.6 Å². The maximum Gasteiger partial charge on any atom is 0.191 e. The Bertz CT molecular complexity index is 820. The summed E-state index contributed by atoms with van der Waals surface area (Å²) in [6.07, 6.45) is 6.75. The number of hydrogen-bond acceptors (Lipinski definition) is 3. The van der Waals surface area contributed by atoms with Gasteiger partial charge in [0.25, 0.3) is 0 Å². The number of hydrogen-bond donors (Lipinski definition) is 3. The molecule has 1 aliphatic heterocycles. The lowest BCUT2D eigenvalue weighted by molar-refractivity contribution is 0.0532. The standard InChI is InChI=1S/C25H41N5O/c1-5-20-8-7-9-23-21(18-28-24(20)23)10-13-27-25(26-6-2)29-22-11-14-30(15-12-22)16-17-31-19(3)4/h7-9,18-19,22,28H,5-6,10-17H2,1-4H3,(H2,26,27,29). The molecule has 0 aliphatic carbocycles. The molecule has 1 aliphatic rings. The summed E-state index contributed by atoms with van der Waals surface area (Å²) in [4.78, 5) is 10.8. The Labute approximate surface area is 187 Å². The molecule has 6 heteroatoms. The van der Waals surface area contributed by atoms with Crippen LogP contribution in [0.2, 0.25) is 0 Å². The Morgan fingerprint density at radius 1 is 1.23 bits per heavy atom. The Balaban J connectivity index is 1.49. The fraction of sp³-hybridized carbons (Fsp3) is 0.640. The van der Waals surface area contributed by atoms with E-state index in [9.17, 15) is 0 Å². The second-order valence-electron chi connectivity index (χ2n) is 8.70. The third kappa shape index (κ3) is 6.97. The van der Waals surface area contributed by atoms with Crippen molar-refractivity contribution in [2.45, 2.75) is 65.5 Å². The topological polar surface area (TPSA) is 64.7 Å². The molecule has 1 aromatic heterocycles. The van der Waals surface area contributed by atoms with Crippen molar-refractivity contribution in [3.05, 3.63) is 35.5 Å². The van der Waals surface area contributed by atoms with Gasteiger partial charge in [-0.15, -0.1) is 0 Å². The molecule has 2 aromatic rings. The monoisotopic (exact) mass is 427 g/mol. The van der Waals surface area contributed by atoms with E-state index in [1.54, 1.807) is 0 Å². The lowest BCUT2D eigenvalue weighted by Crippen LogP contribution is -2.49. The van der Waals surface area contributed by atoms with Crippen LogP contribution in [0.15, 0.2) is 29.4 Å². The van der Waals surface area contributed by atoms with Crippen molar-refractivity contribution in [2.75, 3.05) is 39.3 Å². The van der Waals surface area contributed by atoms with Gasteiger partial charge in [0, 0.05) is 55.9 Å². The molecule has 0 spiro atoms. The van der Waals surface area contributed by atoms with Gasteiger partial charge in [-0.25, -0.2) is 0 Å². The fourth-order valence-corrected chi connectivity index (χ4v) is 4.30. The molecular formula is C25H41N5O. The third-order valence-corrected chi connectivity index (χ3v) is 6.05. The van der Waals surface area contributed by atoms with Gasteiger partial charge in [0.1, 0.15) is 0 Å². The van der Waals surface area contributed by atoms with Crippen LogP contribution in [0.4, 0.5) is 0 Å². The molecule has 0 unspecified atom stereocenters. The number of benzene rings is 1. The predicted octanol–water partition coefficient (Wildman–Crippen LogP) is 3.72. The highest BCUT2D eigenvalue weighted by molar-refractivity contribution is 5.86. The minimum Gasteiger partial charge on any atom is -0.377 e. The van der Waals surface area contributed by atoms with E-state index in [0.717, 1.165) is 71.0 Å². The zero-order valence-electron chi connectivity index (χ0n) is 19.8. The van der Waals surface area contributed by atoms with Crippen LogP contribution in [0.1, 0.15) is 51.7 Å². The molecule has 0 radical (unpaired) electrons. The summed E-state index contributed by atoms with van der Waals surface area (Å²) >= 11 is 0. The molecule has 31 heavy (non-hydrogen) atoms. The average molecular weight is 428 g/mol. The van der Waals surface area contributed by atoms with Crippen molar-refractivity contribution in [3.63, 3.8) is 0 Å². The Kier molecular flexibility index (Phi) is 9.22. The van der Waals surface area contributed by atoms with Gasteiger partial charge < -0.3 is 25.3 Å². The number of para-hydroxylation sites is 1. The summed E-state index contributed by atoms with van der Waals surface area (Å²) in [5.74, 6) is 0.943. The average Bonchev–Trinajstić information content (AvgIpc) is 3.18. The zero-order chi connectivity index (χ0) is 22.1. The minimum absolute atomic E-state index is 0.316. The van der Waals surface area contributed by atoms with E-state index in [0.29, 0.717) is 12.1 Å². The molecule has 1 fully saturated rings. The molecule has 0 saturated carbocycles. The smallest absolute Gasteiger partial charge is 0.191 e. The number of nitrogens with one attached hydrogen (secondary N) is 3. The Morgan fingerprint density at radius 3 is 2.74 bits per heavy atom. The number of aromatic nitrogens is 1. The van der Waals surface area contributed by atoms with Crippen molar-refractivity contribution >= 4 is 16.9 Å². The van der Waals surface area contributed by atoms with Gasteiger partial charge in [0.2, 0.25) is 0 Å². The van der Waals surface area contributed by atoms with Crippen LogP contribution in [0.5, 0.6) is 0 Å². The van der Waals surface area contributed by atoms with E-state index < -0.39 is 0 Å².